The molecule has 1 aromatic carbocycles. The average Bonchev–Trinajstić information content (AvgIpc) is 2.98. The van der Waals surface area contributed by atoms with Crippen molar-refractivity contribution in [2.45, 2.75) is 19.3 Å². The number of hydrogen-bond acceptors (Lipinski definition) is 4. The van der Waals surface area contributed by atoms with Crippen molar-refractivity contribution < 1.29 is 14.3 Å². The molecule has 3 aliphatic rings. The van der Waals surface area contributed by atoms with Crippen LogP contribution in [0.25, 0.3) is 0 Å². The zero-order valence-corrected chi connectivity index (χ0v) is 13.2. The van der Waals surface area contributed by atoms with E-state index in [4.69, 9.17) is 9.47 Å². The summed E-state index contributed by atoms with van der Waals surface area (Å²) < 4.78 is 10.6. The summed E-state index contributed by atoms with van der Waals surface area (Å²) in [5.41, 5.74) is 2.04. The van der Waals surface area contributed by atoms with Crippen molar-refractivity contribution in [2.75, 3.05) is 31.7 Å². The van der Waals surface area contributed by atoms with Crippen LogP contribution in [0.3, 0.4) is 0 Å². The van der Waals surface area contributed by atoms with Gasteiger partial charge in [0.2, 0.25) is 12.7 Å². The number of fused-ring (bicyclic) bond motifs is 3. The number of nitrogens with one attached hydrogen (secondary N) is 1. The fourth-order valence-corrected chi connectivity index (χ4v) is 3.56. The molecular weight excluding hydrogens is 292 g/mol. The van der Waals surface area contributed by atoms with E-state index < -0.39 is 0 Å². The summed E-state index contributed by atoms with van der Waals surface area (Å²) in [5.74, 6) is 1.93. The number of carbonyl (C=O) groups is 1. The van der Waals surface area contributed by atoms with Gasteiger partial charge in [-0.25, -0.2) is 0 Å². The number of hydrogen-bond donors (Lipinski definition) is 1. The fourth-order valence-electron chi connectivity index (χ4n) is 3.56. The van der Waals surface area contributed by atoms with E-state index in [-0.39, 0.29) is 20.1 Å². The molecule has 23 heavy (non-hydrogen) atoms. The molecule has 2 atom stereocenters. The van der Waals surface area contributed by atoms with Gasteiger partial charge in [0.25, 0.3) is 0 Å². The Hall–Kier alpha value is -2.01. The molecule has 2 saturated heterocycles. The zero-order chi connectivity index (χ0) is 14.9. The number of ether oxygens (including phenoxy) is 2. The number of benzene rings is 1. The third-order valence-electron chi connectivity index (χ3n) is 4.70. The maximum absolute atomic E-state index is 12.3. The summed E-state index contributed by atoms with van der Waals surface area (Å²) in [6.45, 7) is 3.66. The van der Waals surface area contributed by atoms with E-state index in [0.29, 0.717) is 11.7 Å². The summed E-state index contributed by atoms with van der Waals surface area (Å²) in [6.07, 6.45) is 5.27. The maximum Gasteiger partial charge on any atom is 0.248 e. The van der Waals surface area contributed by atoms with Gasteiger partial charge in [0, 0.05) is 30.9 Å². The highest BCUT2D eigenvalue weighted by Gasteiger charge is 2.27. The number of anilines is 1. The number of nitrogens with zero attached hydrogens (tertiary/aromatic N) is 1. The second-order valence-electron chi connectivity index (χ2n) is 6.17. The van der Waals surface area contributed by atoms with Gasteiger partial charge >= 0.3 is 0 Å². The second kappa shape index (κ2) is 6.62. The van der Waals surface area contributed by atoms with E-state index in [1.54, 1.807) is 6.08 Å². The lowest BCUT2D eigenvalue weighted by atomic mass is 9.84. The molecule has 5 nitrogen and oxygen atoms in total. The van der Waals surface area contributed by atoms with E-state index in [2.05, 4.69) is 10.2 Å². The van der Waals surface area contributed by atoms with Crippen molar-refractivity contribution in [1.29, 1.82) is 0 Å². The average molecular weight is 314 g/mol. The standard InChI is InChI=1S/C17H20N2O3.CH2/c20-17(8-12-5-7-19-6-1-2-13(12)10-19)18-14-3-4-15-16(9-14)22-11-21-15;/h3-4,8-9,13H,1-2,5-7,10-11H2,(H,18,20);1H2. The van der Waals surface area contributed by atoms with Crippen LogP contribution >= 0.6 is 0 Å². The van der Waals surface area contributed by atoms with Gasteiger partial charge in [0.05, 0.1) is 0 Å². The Balaban J connectivity index is 0.00000156. The molecule has 0 aliphatic carbocycles. The first kappa shape index (κ1) is 15.9. The lowest BCUT2D eigenvalue weighted by molar-refractivity contribution is -0.112. The highest BCUT2D eigenvalue weighted by atomic mass is 16.7. The maximum atomic E-state index is 12.3. The Morgan fingerprint density at radius 1 is 1.26 bits per heavy atom. The topological polar surface area (TPSA) is 50.8 Å². The smallest absolute Gasteiger partial charge is 0.248 e. The van der Waals surface area contributed by atoms with E-state index >= 15 is 0 Å². The number of piperidine rings is 2. The van der Waals surface area contributed by atoms with Crippen molar-refractivity contribution in [3.63, 3.8) is 0 Å². The Bertz CT molecular complexity index is 627. The molecule has 2 bridgehead atoms. The van der Waals surface area contributed by atoms with Gasteiger partial charge in [-0.2, -0.15) is 0 Å². The molecule has 1 aromatic rings. The lowest BCUT2D eigenvalue weighted by Crippen LogP contribution is -2.41. The van der Waals surface area contributed by atoms with Crippen LogP contribution in [0, 0.1) is 13.3 Å². The van der Waals surface area contributed by atoms with Crippen LogP contribution in [0.2, 0.25) is 0 Å². The zero-order valence-electron chi connectivity index (χ0n) is 13.2. The molecule has 1 N–H and O–H groups in total. The van der Waals surface area contributed by atoms with Crippen molar-refractivity contribution >= 4 is 11.6 Å². The molecule has 3 aliphatic heterocycles. The number of carbonyl (C=O) groups excluding carboxylic acids is 1. The van der Waals surface area contributed by atoms with Gasteiger partial charge in [-0.3, -0.25) is 4.79 Å². The summed E-state index contributed by atoms with van der Waals surface area (Å²) >= 11 is 0. The summed E-state index contributed by atoms with van der Waals surface area (Å²) in [6, 6.07) is 5.47. The minimum absolute atomic E-state index is 0. The van der Waals surface area contributed by atoms with E-state index in [0.717, 1.165) is 30.9 Å². The summed E-state index contributed by atoms with van der Waals surface area (Å²) in [5, 5.41) is 2.93. The molecule has 4 rings (SSSR count). The lowest BCUT2D eigenvalue weighted by Gasteiger charge is -2.39. The van der Waals surface area contributed by atoms with Crippen LogP contribution in [0.4, 0.5) is 5.69 Å². The van der Waals surface area contributed by atoms with Gasteiger partial charge < -0.3 is 19.7 Å². The third-order valence-corrected chi connectivity index (χ3v) is 4.70. The molecule has 3 heterocycles. The van der Waals surface area contributed by atoms with Gasteiger partial charge in [-0.15, -0.1) is 0 Å². The number of amides is 1. The Morgan fingerprint density at radius 3 is 3.04 bits per heavy atom. The van der Waals surface area contributed by atoms with E-state index in [1.807, 2.05) is 18.2 Å². The van der Waals surface area contributed by atoms with Crippen LogP contribution in [-0.4, -0.2) is 37.2 Å². The van der Waals surface area contributed by atoms with Gasteiger partial charge in [0.1, 0.15) is 0 Å². The normalized spacial score (nSPS) is 26.5. The molecule has 2 unspecified atom stereocenters. The largest absolute Gasteiger partial charge is 0.454 e. The highest BCUT2D eigenvalue weighted by Crippen LogP contribution is 2.34. The van der Waals surface area contributed by atoms with Crippen LogP contribution in [0.5, 0.6) is 11.5 Å². The van der Waals surface area contributed by atoms with Crippen LogP contribution < -0.4 is 14.8 Å². The van der Waals surface area contributed by atoms with Crippen molar-refractivity contribution in [1.82, 2.24) is 4.90 Å². The van der Waals surface area contributed by atoms with E-state index in [1.165, 1.54) is 25.0 Å². The quantitative estimate of drug-likeness (QED) is 0.853. The Morgan fingerprint density at radius 2 is 2.13 bits per heavy atom. The van der Waals surface area contributed by atoms with Crippen LogP contribution in [-0.2, 0) is 4.79 Å². The van der Waals surface area contributed by atoms with Gasteiger partial charge in [0.15, 0.2) is 11.5 Å². The number of rotatable bonds is 2. The second-order valence-corrected chi connectivity index (χ2v) is 6.17. The monoisotopic (exact) mass is 314 g/mol. The minimum atomic E-state index is -0.0483. The van der Waals surface area contributed by atoms with Crippen molar-refractivity contribution in [3.8, 4) is 11.5 Å². The Labute approximate surface area is 137 Å². The molecule has 5 heteroatoms. The van der Waals surface area contributed by atoms with E-state index in [9.17, 15) is 4.79 Å². The molecule has 0 aromatic heterocycles. The molecule has 1 amide bonds. The van der Waals surface area contributed by atoms with Crippen LogP contribution in [0.15, 0.2) is 29.8 Å². The Kier molecular flexibility index (Phi) is 4.57. The summed E-state index contributed by atoms with van der Waals surface area (Å²) in [7, 11) is 0. The molecule has 2 radical (unpaired) electrons. The van der Waals surface area contributed by atoms with Crippen LogP contribution in [0.1, 0.15) is 19.3 Å². The SMILES string of the molecule is O=C(C=C1CCN2CCCC1C2)Nc1ccc2c(c1)OCO2.[CH2]. The highest BCUT2D eigenvalue weighted by molar-refractivity contribution is 6.00. The molecular formula is C18H22N2O3. The van der Waals surface area contributed by atoms with Gasteiger partial charge in [-0.1, -0.05) is 13.0 Å². The molecule has 0 saturated carbocycles. The first-order valence-corrected chi connectivity index (χ1v) is 7.91. The van der Waals surface area contributed by atoms with Crippen molar-refractivity contribution in [2.24, 2.45) is 5.92 Å². The predicted octanol–water partition coefficient (Wildman–Crippen LogP) is 2.72. The predicted molar refractivity (Wildman–Crippen MR) is 88.4 cm³/mol. The molecule has 122 valence electrons. The first-order valence-electron chi connectivity index (χ1n) is 7.91. The molecule has 2 fully saturated rings. The van der Waals surface area contributed by atoms with Crippen molar-refractivity contribution in [3.05, 3.63) is 37.3 Å². The summed E-state index contributed by atoms with van der Waals surface area (Å²) in [4.78, 5) is 14.8. The molecule has 0 spiro atoms. The minimum Gasteiger partial charge on any atom is -0.454 e. The first-order chi connectivity index (χ1) is 10.8. The fraction of sp³-hybridized carbons (Fsp3) is 0.444. The third kappa shape index (κ3) is 3.34. The van der Waals surface area contributed by atoms with Gasteiger partial charge in [-0.05, 0) is 43.9 Å².